The highest BCUT2D eigenvalue weighted by Gasteiger charge is 2.23. The standard InChI is InChI=1S/C24H28N2O4/c1-17-7-5-6-10-21(17)26-22(27)16-30-23(28)15-25-24(29)20-13-11-19(12-14-20)18-8-3-2-4-9-18/h2-4,8-9,11-14,17,21H,5-7,10,15-16H2,1H3,(H,25,29)(H,26,27)/t17-,21+/m1/s1. The van der Waals surface area contributed by atoms with Crippen LogP contribution in [-0.2, 0) is 14.3 Å². The molecule has 0 radical (unpaired) electrons. The Hall–Kier alpha value is -3.15. The molecule has 0 aromatic heterocycles. The Bertz CT molecular complexity index is 865. The number of amides is 2. The minimum atomic E-state index is -0.643. The van der Waals surface area contributed by atoms with E-state index in [4.69, 9.17) is 4.74 Å². The van der Waals surface area contributed by atoms with Crippen LogP contribution in [-0.4, -0.2) is 37.0 Å². The molecule has 0 aliphatic heterocycles. The molecular weight excluding hydrogens is 380 g/mol. The summed E-state index contributed by atoms with van der Waals surface area (Å²) in [5, 5.41) is 5.45. The van der Waals surface area contributed by atoms with Gasteiger partial charge in [-0.25, -0.2) is 0 Å². The minimum absolute atomic E-state index is 0.142. The van der Waals surface area contributed by atoms with Crippen molar-refractivity contribution in [2.45, 2.75) is 38.6 Å². The average molecular weight is 408 g/mol. The lowest BCUT2D eigenvalue weighted by atomic mass is 9.86. The lowest BCUT2D eigenvalue weighted by molar-refractivity contribution is -0.147. The highest BCUT2D eigenvalue weighted by Crippen LogP contribution is 2.23. The van der Waals surface area contributed by atoms with Gasteiger partial charge in [0, 0.05) is 11.6 Å². The zero-order valence-electron chi connectivity index (χ0n) is 17.2. The molecular formula is C24H28N2O4. The molecule has 1 aliphatic carbocycles. The molecule has 0 spiro atoms. The van der Waals surface area contributed by atoms with Crippen LogP contribution < -0.4 is 10.6 Å². The summed E-state index contributed by atoms with van der Waals surface area (Å²) in [7, 11) is 0. The Morgan fingerprint density at radius 1 is 0.933 bits per heavy atom. The van der Waals surface area contributed by atoms with Crippen molar-refractivity contribution in [3.8, 4) is 11.1 Å². The second-order valence-corrected chi connectivity index (χ2v) is 7.72. The number of benzene rings is 2. The maximum atomic E-state index is 12.2. The average Bonchev–Trinajstić information content (AvgIpc) is 2.78. The minimum Gasteiger partial charge on any atom is -0.454 e. The van der Waals surface area contributed by atoms with Crippen molar-refractivity contribution in [2.75, 3.05) is 13.2 Å². The van der Waals surface area contributed by atoms with Crippen molar-refractivity contribution >= 4 is 17.8 Å². The molecule has 2 atom stereocenters. The fourth-order valence-electron chi connectivity index (χ4n) is 3.68. The fourth-order valence-corrected chi connectivity index (χ4v) is 3.68. The fraction of sp³-hybridized carbons (Fsp3) is 0.375. The molecule has 6 heteroatoms. The molecule has 0 saturated heterocycles. The van der Waals surface area contributed by atoms with E-state index < -0.39 is 5.97 Å². The first-order valence-electron chi connectivity index (χ1n) is 10.4. The van der Waals surface area contributed by atoms with Gasteiger partial charge in [0.15, 0.2) is 6.61 Å². The number of hydrogen-bond acceptors (Lipinski definition) is 4. The smallest absolute Gasteiger partial charge is 0.325 e. The first-order chi connectivity index (χ1) is 14.5. The largest absolute Gasteiger partial charge is 0.454 e. The zero-order chi connectivity index (χ0) is 21.3. The Morgan fingerprint density at radius 2 is 1.60 bits per heavy atom. The van der Waals surface area contributed by atoms with E-state index in [0.717, 1.165) is 30.4 Å². The molecule has 2 amide bonds. The van der Waals surface area contributed by atoms with Crippen LogP contribution in [0.2, 0.25) is 0 Å². The van der Waals surface area contributed by atoms with E-state index in [1.165, 1.54) is 6.42 Å². The Balaban J connectivity index is 1.40. The van der Waals surface area contributed by atoms with Crippen LogP contribution in [0.25, 0.3) is 11.1 Å². The summed E-state index contributed by atoms with van der Waals surface area (Å²) in [4.78, 5) is 36.1. The van der Waals surface area contributed by atoms with Crippen LogP contribution in [0, 0.1) is 5.92 Å². The van der Waals surface area contributed by atoms with Crippen molar-refractivity contribution in [3.63, 3.8) is 0 Å². The predicted octanol–water partition coefficient (Wildman–Crippen LogP) is 3.32. The lowest BCUT2D eigenvalue weighted by Gasteiger charge is -2.29. The highest BCUT2D eigenvalue weighted by atomic mass is 16.5. The second kappa shape index (κ2) is 10.6. The summed E-state index contributed by atoms with van der Waals surface area (Å²) >= 11 is 0. The van der Waals surface area contributed by atoms with E-state index in [9.17, 15) is 14.4 Å². The van der Waals surface area contributed by atoms with Gasteiger partial charge in [-0.05, 0) is 42.0 Å². The van der Waals surface area contributed by atoms with Gasteiger partial charge in [-0.2, -0.15) is 0 Å². The number of rotatable bonds is 7. The molecule has 0 bridgehead atoms. The van der Waals surface area contributed by atoms with Crippen molar-refractivity contribution < 1.29 is 19.1 Å². The van der Waals surface area contributed by atoms with E-state index in [0.29, 0.717) is 11.5 Å². The van der Waals surface area contributed by atoms with Gasteiger partial charge in [0.1, 0.15) is 6.54 Å². The molecule has 1 aliphatic rings. The van der Waals surface area contributed by atoms with Gasteiger partial charge in [0.2, 0.25) is 0 Å². The maximum Gasteiger partial charge on any atom is 0.325 e. The molecule has 0 heterocycles. The Morgan fingerprint density at radius 3 is 2.30 bits per heavy atom. The summed E-state index contributed by atoms with van der Waals surface area (Å²) in [5.41, 5.74) is 2.52. The second-order valence-electron chi connectivity index (χ2n) is 7.72. The number of esters is 1. The number of hydrogen-bond donors (Lipinski definition) is 2. The van der Waals surface area contributed by atoms with E-state index in [1.807, 2.05) is 42.5 Å². The third-order valence-corrected chi connectivity index (χ3v) is 5.47. The van der Waals surface area contributed by atoms with Gasteiger partial charge in [0.05, 0.1) is 0 Å². The third kappa shape index (κ3) is 6.17. The first-order valence-corrected chi connectivity index (χ1v) is 10.4. The summed E-state index contributed by atoms with van der Waals surface area (Å²) in [6.45, 7) is 1.51. The van der Waals surface area contributed by atoms with Crippen molar-refractivity contribution in [3.05, 3.63) is 60.2 Å². The van der Waals surface area contributed by atoms with E-state index >= 15 is 0 Å². The van der Waals surface area contributed by atoms with E-state index in [1.54, 1.807) is 12.1 Å². The number of nitrogens with one attached hydrogen (secondary N) is 2. The van der Waals surface area contributed by atoms with Crippen molar-refractivity contribution in [1.82, 2.24) is 10.6 Å². The lowest BCUT2D eigenvalue weighted by Crippen LogP contribution is -2.43. The Labute approximate surface area is 177 Å². The molecule has 2 aromatic carbocycles. The molecule has 30 heavy (non-hydrogen) atoms. The molecule has 158 valence electrons. The molecule has 2 N–H and O–H groups in total. The first kappa shape index (κ1) is 21.6. The van der Waals surface area contributed by atoms with Crippen molar-refractivity contribution in [1.29, 1.82) is 0 Å². The quantitative estimate of drug-likeness (QED) is 0.689. The van der Waals surface area contributed by atoms with Gasteiger partial charge in [-0.15, -0.1) is 0 Å². The molecule has 1 saturated carbocycles. The van der Waals surface area contributed by atoms with Crippen LogP contribution in [0.3, 0.4) is 0 Å². The van der Waals surface area contributed by atoms with Crippen LogP contribution in [0.4, 0.5) is 0 Å². The molecule has 0 unspecified atom stereocenters. The summed E-state index contributed by atoms with van der Waals surface area (Å²) in [6.07, 6.45) is 4.35. The number of carbonyl (C=O) groups is 3. The van der Waals surface area contributed by atoms with Gasteiger partial charge in [-0.1, -0.05) is 62.2 Å². The topological polar surface area (TPSA) is 84.5 Å². The maximum absolute atomic E-state index is 12.2. The molecule has 1 fully saturated rings. The third-order valence-electron chi connectivity index (χ3n) is 5.47. The van der Waals surface area contributed by atoms with E-state index in [2.05, 4.69) is 17.6 Å². The normalized spacial score (nSPS) is 18.3. The molecule has 2 aromatic rings. The van der Waals surface area contributed by atoms with Crippen LogP contribution >= 0.6 is 0 Å². The van der Waals surface area contributed by atoms with Crippen LogP contribution in [0.15, 0.2) is 54.6 Å². The van der Waals surface area contributed by atoms with Gasteiger partial charge in [0.25, 0.3) is 11.8 Å². The van der Waals surface area contributed by atoms with Gasteiger partial charge >= 0.3 is 5.97 Å². The zero-order valence-corrected chi connectivity index (χ0v) is 17.2. The van der Waals surface area contributed by atoms with E-state index in [-0.39, 0.29) is 31.0 Å². The summed E-state index contributed by atoms with van der Waals surface area (Å²) in [6, 6.07) is 17.1. The Kier molecular flexibility index (Phi) is 7.60. The molecule has 3 rings (SSSR count). The highest BCUT2D eigenvalue weighted by molar-refractivity contribution is 5.96. The predicted molar refractivity (Wildman–Crippen MR) is 115 cm³/mol. The number of ether oxygens (including phenoxy) is 1. The van der Waals surface area contributed by atoms with Crippen LogP contribution in [0.5, 0.6) is 0 Å². The summed E-state index contributed by atoms with van der Waals surface area (Å²) in [5.74, 6) is -0.876. The molecule has 6 nitrogen and oxygen atoms in total. The SMILES string of the molecule is C[C@@H]1CCCC[C@@H]1NC(=O)COC(=O)CNC(=O)c1ccc(-c2ccccc2)cc1. The summed E-state index contributed by atoms with van der Waals surface area (Å²) < 4.78 is 4.98. The number of carbonyl (C=O) groups excluding carboxylic acids is 3. The monoisotopic (exact) mass is 408 g/mol. The van der Waals surface area contributed by atoms with Crippen LogP contribution in [0.1, 0.15) is 43.0 Å². The van der Waals surface area contributed by atoms with Crippen molar-refractivity contribution in [2.24, 2.45) is 5.92 Å². The van der Waals surface area contributed by atoms with Gasteiger partial charge in [-0.3, -0.25) is 14.4 Å². The van der Waals surface area contributed by atoms with Gasteiger partial charge < -0.3 is 15.4 Å².